The maximum Gasteiger partial charge on any atom is 0.221 e. The largest absolute Gasteiger partial charge is 0.487 e. The third-order valence-corrected chi connectivity index (χ3v) is 5.00. The number of ether oxygens (including phenoxy) is 2. The van der Waals surface area contributed by atoms with E-state index in [1.54, 1.807) is 6.20 Å². The number of hydrogen-bond acceptors (Lipinski definition) is 5. The van der Waals surface area contributed by atoms with Crippen LogP contribution in [0.15, 0.2) is 72.9 Å². The van der Waals surface area contributed by atoms with Gasteiger partial charge < -0.3 is 19.7 Å². The van der Waals surface area contributed by atoms with Crippen LogP contribution in [0.5, 0.6) is 17.4 Å². The minimum atomic E-state index is -0.0363. The Morgan fingerprint density at radius 1 is 1.07 bits per heavy atom. The summed E-state index contributed by atoms with van der Waals surface area (Å²) >= 11 is 0. The summed E-state index contributed by atoms with van der Waals surface area (Å²) in [5, 5.41) is 2.88. The summed E-state index contributed by atoms with van der Waals surface area (Å²) in [6, 6.07) is 21.4. The van der Waals surface area contributed by atoms with Crippen LogP contribution in [0.25, 0.3) is 0 Å². The highest BCUT2D eigenvalue weighted by Crippen LogP contribution is 2.28. The molecule has 3 aromatic rings. The molecule has 0 aliphatic carbocycles. The van der Waals surface area contributed by atoms with Crippen molar-refractivity contribution >= 4 is 11.6 Å². The SMILES string of the molecule is CC(=O)N[C@@H](C)c1ccc(OC2CN(c3ccnc(Oc4ccccc4)c3)C2)cc1. The quantitative estimate of drug-likeness (QED) is 0.636. The van der Waals surface area contributed by atoms with E-state index in [1.807, 2.05) is 73.7 Å². The molecule has 4 rings (SSSR count). The molecule has 0 radical (unpaired) electrons. The topological polar surface area (TPSA) is 63.7 Å². The molecule has 0 unspecified atom stereocenters. The molecule has 1 N–H and O–H groups in total. The lowest BCUT2D eigenvalue weighted by molar-refractivity contribution is -0.119. The van der Waals surface area contributed by atoms with Crippen molar-refractivity contribution in [1.82, 2.24) is 10.3 Å². The van der Waals surface area contributed by atoms with Crippen molar-refractivity contribution in [1.29, 1.82) is 0 Å². The van der Waals surface area contributed by atoms with Gasteiger partial charge in [0.25, 0.3) is 0 Å². The number of aromatic nitrogens is 1. The highest BCUT2D eigenvalue weighted by atomic mass is 16.5. The Kier molecular flexibility index (Phi) is 5.84. The molecule has 1 aromatic heterocycles. The second-order valence-corrected chi connectivity index (χ2v) is 7.40. The number of nitrogens with zero attached hydrogens (tertiary/aromatic N) is 2. The molecule has 0 spiro atoms. The molecular formula is C24H25N3O3. The van der Waals surface area contributed by atoms with Crippen molar-refractivity contribution in [3.05, 3.63) is 78.5 Å². The van der Waals surface area contributed by atoms with Gasteiger partial charge in [0, 0.05) is 24.9 Å². The molecule has 2 heterocycles. The summed E-state index contributed by atoms with van der Waals surface area (Å²) in [5.41, 5.74) is 2.12. The molecule has 154 valence electrons. The van der Waals surface area contributed by atoms with Crippen molar-refractivity contribution in [3.8, 4) is 17.4 Å². The Bertz CT molecular complexity index is 986. The number of pyridine rings is 1. The van der Waals surface area contributed by atoms with Crippen molar-refractivity contribution in [2.45, 2.75) is 26.0 Å². The highest BCUT2D eigenvalue weighted by molar-refractivity contribution is 5.73. The molecule has 1 amide bonds. The standard InChI is InChI=1S/C24H25N3O3/c1-17(26-18(2)28)19-8-10-22(11-9-19)29-23-15-27(16-23)20-12-13-25-24(14-20)30-21-6-4-3-5-7-21/h3-14,17,23H,15-16H2,1-2H3,(H,26,28)/t17-/m0/s1. The lowest BCUT2D eigenvalue weighted by Crippen LogP contribution is -2.54. The summed E-state index contributed by atoms with van der Waals surface area (Å²) in [6.45, 7) is 5.10. The molecule has 1 fully saturated rings. The molecule has 1 atom stereocenters. The van der Waals surface area contributed by atoms with Gasteiger partial charge in [-0.25, -0.2) is 4.98 Å². The minimum absolute atomic E-state index is 0.0188. The molecule has 0 saturated carbocycles. The van der Waals surface area contributed by atoms with E-state index < -0.39 is 0 Å². The maximum absolute atomic E-state index is 11.2. The number of carbonyl (C=O) groups excluding carboxylic acids is 1. The second kappa shape index (κ2) is 8.86. The van der Waals surface area contributed by atoms with Gasteiger partial charge in [-0.05, 0) is 42.8 Å². The summed E-state index contributed by atoms with van der Waals surface area (Å²) in [5.74, 6) is 2.14. The van der Waals surface area contributed by atoms with E-state index in [2.05, 4.69) is 15.2 Å². The monoisotopic (exact) mass is 403 g/mol. The summed E-state index contributed by atoms with van der Waals surface area (Å²) in [4.78, 5) is 17.7. The number of benzene rings is 2. The van der Waals surface area contributed by atoms with E-state index >= 15 is 0 Å². The fraction of sp³-hybridized carbons (Fsp3) is 0.250. The molecule has 1 saturated heterocycles. The lowest BCUT2D eigenvalue weighted by atomic mass is 10.1. The number of carbonyl (C=O) groups is 1. The number of hydrogen-bond donors (Lipinski definition) is 1. The van der Waals surface area contributed by atoms with Crippen LogP contribution in [0.4, 0.5) is 5.69 Å². The predicted octanol–water partition coefficient (Wildman–Crippen LogP) is 4.34. The Balaban J connectivity index is 1.30. The fourth-order valence-corrected chi connectivity index (χ4v) is 3.40. The van der Waals surface area contributed by atoms with Crippen molar-refractivity contribution in [2.24, 2.45) is 0 Å². The fourth-order valence-electron chi connectivity index (χ4n) is 3.40. The van der Waals surface area contributed by atoms with Gasteiger partial charge >= 0.3 is 0 Å². The van der Waals surface area contributed by atoms with Gasteiger partial charge in [-0.1, -0.05) is 30.3 Å². The van der Waals surface area contributed by atoms with Crippen LogP contribution in [0.2, 0.25) is 0 Å². The van der Waals surface area contributed by atoms with Gasteiger partial charge in [0.1, 0.15) is 17.6 Å². The van der Waals surface area contributed by atoms with Gasteiger partial charge in [-0.15, -0.1) is 0 Å². The molecule has 2 aromatic carbocycles. The number of nitrogens with one attached hydrogen (secondary N) is 1. The van der Waals surface area contributed by atoms with Crippen LogP contribution in [0, 0.1) is 0 Å². The molecule has 0 bridgehead atoms. The van der Waals surface area contributed by atoms with Crippen LogP contribution in [0.3, 0.4) is 0 Å². The Labute approximate surface area is 176 Å². The van der Waals surface area contributed by atoms with E-state index in [9.17, 15) is 4.79 Å². The van der Waals surface area contributed by atoms with Crippen LogP contribution >= 0.6 is 0 Å². The van der Waals surface area contributed by atoms with E-state index in [-0.39, 0.29) is 18.1 Å². The van der Waals surface area contributed by atoms with Crippen molar-refractivity contribution < 1.29 is 14.3 Å². The highest BCUT2D eigenvalue weighted by Gasteiger charge is 2.29. The van der Waals surface area contributed by atoms with Crippen LogP contribution in [-0.2, 0) is 4.79 Å². The zero-order valence-electron chi connectivity index (χ0n) is 17.1. The Hall–Kier alpha value is -3.54. The Morgan fingerprint density at radius 3 is 2.50 bits per heavy atom. The average molecular weight is 403 g/mol. The van der Waals surface area contributed by atoms with Crippen molar-refractivity contribution in [2.75, 3.05) is 18.0 Å². The van der Waals surface area contributed by atoms with E-state index in [1.165, 1.54) is 6.92 Å². The maximum atomic E-state index is 11.2. The average Bonchev–Trinajstić information content (AvgIpc) is 2.71. The number of rotatable bonds is 7. The Morgan fingerprint density at radius 2 is 1.80 bits per heavy atom. The zero-order chi connectivity index (χ0) is 20.9. The van der Waals surface area contributed by atoms with Crippen LogP contribution in [-0.4, -0.2) is 30.1 Å². The molecular weight excluding hydrogens is 378 g/mol. The van der Waals surface area contributed by atoms with Crippen LogP contribution in [0.1, 0.15) is 25.5 Å². The lowest BCUT2D eigenvalue weighted by Gasteiger charge is -2.40. The number of amides is 1. The van der Waals surface area contributed by atoms with Crippen LogP contribution < -0.4 is 19.7 Å². The smallest absolute Gasteiger partial charge is 0.221 e. The van der Waals surface area contributed by atoms with Gasteiger partial charge in [0.2, 0.25) is 11.8 Å². The second-order valence-electron chi connectivity index (χ2n) is 7.40. The van der Waals surface area contributed by atoms with Crippen molar-refractivity contribution in [3.63, 3.8) is 0 Å². The zero-order valence-corrected chi connectivity index (χ0v) is 17.1. The van der Waals surface area contributed by atoms with Gasteiger partial charge in [0.05, 0.1) is 19.1 Å². The predicted molar refractivity (Wildman–Crippen MR) is 116 cm³/mol. The first-order valence-corrected chi connectivity index (χ1v) is 10.0. The molecule has 1 aliphatic rings. The molecule has 6 heteroatoms. The first-order valence-electron chi connectivity index (χ1n) is 10.0. The number of anilines is 1. The summed E-state index contributed by atoms with van der Waals surface area (Å²) in [6.07, 6.45) is 1.90. The molecule has 6 nitrogen and oxygen atoms in total. The first kappa shape index (κ1) is 19.8. The van der Waals surface area contributed by atoms with Gasteiger partial charge in [-0.3, -0.25) is 4.79 Å². The normalized spacial score (nSPS) is 14.5. The van der Waals surface area contributed by atoms with E-state index in [0.29, 0.717) is 5.88 Å². The first-order chi connectivity index (χ1) is 14.6. The summed E-state index contributed by atoms with van der Waals surface area (Å²) < 4.78 is 11.9. The third-order valence-electron chi connectivity index (χ3n) is 5.00. The van der Waals surface area contributed by atoms with Gasteiger partial charge in [-0.2, -0.15) is 0 Å². The van der Waals surface area contributed by atoms with Gasteiger partial charge in [0.15, 0.2) is 0 Å². The summed E-state index contributed by atoms with van der Waals surface area (Å²) in [7, 11) is 0. The third kappa shape index (κ3) is 4.89. The molecule has 30 heavy (non-hydrogen) atoms. The number of para-hydroxylation sites is 1. The van der Waals surface area contributed by atoms with E-state index in [0.717, 1.165) is 35.8 Å². The van der Waals surface area contributed by atoms with E-state index in [4.69, 9.17) is 9.47 Å². The minimum Gasteiger partial charge on any atom is -0.487 e. The molecule has 1 aliphatic heterocycles.